The van der Waals surface area contributed by atoms with E-state index in [9.17, 15) is 9.59 Å². The van der Waals surface area contributed by atoms with Gasteiger partial charge in [-0.2, -0.15) is 0 Å². The number of esters is 2. The zero-order valence-electron chi connectivity index (χ0n) is 8.99. The van der Waals surface area contributed by atoms with Crippen molar-refractivity contribution < 1.29 is 19.1 Å². The maximum Gasteiger partial charge on any atom is 0.315 e. The van der Waals surface area contributed by atoms with Crippen LogP contribution in [0.5, 0.6) is 0 Å². The van der Waals surface area contributed by atoms with E-state index in [2.05, 4.69) is 0 Å². The van der Waals surface area contributed by atoms with Gasteiger partial charge in [0.25, 0.3) is 0 Å². The number of rotatable bonds is 8. The largest absolute Gasteiger partial charge is 0.465 e. The third-order valence-electron chi connectivity index (χ3n) is 1.22. The van der Waals surface area contributed by atoms with Gasteiger partial charge in [-0.1, -0.05) is 0 Å². The first-order chi connectivity index (χ1) is 7.20. The van der Waals surface area contributed by atoms with Crippen LogP contribution in [-0.4, -0.2) is 41.7 Å². The van der Waals surface area contributed by atoms with E-state index in [4.69, 9.17) is 9.47 Å². The standard InChI is InChI=1S/C9H16O4S2/c1-3-12-8(10)5-14-7-15-6-9(11)13-4-2/h3-7H2,1-2H3. The van der Waals surface area contributed by atoms with Gasteiger partial charge < -0.3 is 9.47 Å². The molecule has 0 amide bonds. The molecule has 4 nitrogen and oxygen atoms in total. The van der Waals surface area contributed by atoms with Crippen molar-refractivity contribution in [3.05, 3.63) is 0 Å². The first-order valence-electron chi connectivity index (χ1n) is 4.67. The van der Waals surface area contributed by atoms with Gasteiger partial charge in [0.15, 0.2) is 0 Å². The second-order valence-electron chi connectivity index (χ2n) is 2.42. The van der Waals surface area contributed by atoms with Gasteiger partial charge in [0.1, 0.15) is 0 Å². The van der Waals surface area contributed by atoms with Crippen LogP contribution in [0.1, 0.15) is 13.8 Å². The molecular formula is C9H16O4S2. The van der Waals surface area contributed by atoms with E-state index < -0.39 is 0 Å². The molecule has 0 atom stereocenters. The van der Waals surface area contributed by atoms with Crippen molar-refractivity contribution in [2.75, 3.05) is 29.8 Å². The number of thioether (sulfide) groups is 2. The topological polar surface area (TPSA) is 52.6 Å². The highest BCUT2D eigenvalue weighted by Crippen LogP contribution is 2.12. The van der Waals surface area contributed by atoms with Crippen LogP contribution < -0.4 is 0 Å². The number of hydrogen-bond acceptors (Lipinski definition) is 6. The Hall–Kier alpha value is -0.360. The molecule has 0 unspecified atom stereocenters. The molecular weight excluding hydrogens is 236 g/mol. The third-order valence-corrected chi connectivity index (χ3v) is 3.43. The lowest BCUT2D eigenvalue weighted by atomic mass is 10.8. The van der Waals surface area contributed by atoms with Gasteiger partial charge in [-0.25, -0.2) is 0 Å². The molecule has 0 aromatic rings. The lowest BCUT2D eigenvalue weighted by molar-refractivity contribution is -0.140. The molecule has 0 fully saturated rings. The van der Waals surface area contributed by atoms with Crippen molar-refractivity contribution >= 4 is 35.5 Å². The fraction of sp³-hybridized carbons (Fsp3) is 0.778. The molecule has 6 heteroatoms. The second kappa shape index (κ2) is 10.2. The zero-order valence-corrected chi connectivity index (χ0v) is 10.6. The summed E-state index contributed by atoms with van der Waals surface area (Å²) < 4.78 is 9.49. The SMILES string of the molecule is CCOC(=O)CSCSCC(=O)OCC. The van der Waals surface area contributed by atoms with Gasteiger partial charge >= 0.3 is 11.9 Å². The first-order valence-corrected chi connectivity index (χ1v) is 6.98. The van der Waals surface area contributed by atoms with Crippen LogP contribution in [0.25, 0.3) is 0 Å². The van der Waals surface area contributed by atoms with Crippen molar-refractivity contribution in [1.29, 1.82) is 0 Å². The average Bonchev–Trinajstić information content (AvgIpc) is 2.18. The second-order valence-corrected chi connectivity index (χ2v) is 4.76. The highest BCUT2D eigenvalue weighted by Gasteiger charge is 2.03. The smallest absolute Gasteiger partial charge is 0.315 e. The van der Waals surface area contributed by atoms with E-state index in [1.165, 1.54) is 23.5 Å². The molecule has 0 rings (SSSR count). The Bertz CT molecular complexity index is 177. The van der Waals surface area contributed by atoms with Gasteiger partial charge in [0.2, 0.25) is 0 Å². The van der Waals surface area contributed by atoms with Crippen LogP contribution in [0.4, 0.5) is 0 Å². The summed E-state index contributed by atoms with van der Waals surface area (Å²) in [6, 6.07) is 0. The zero-order chi connectivity index (χ0) is 11.5. The molecule has 0 saturated heterocycles. The molecule has 0 aromatic carbocycles. The molecule has 15 heavy (non-hydrogen) atoms. The van der Waals surface area contributed by atoms with Crippen LogP contribution >= 0.6 is 23.5 Å². The van der Waals surface area contributed by atoms with Crippen LogP contribution in [-0.2, 0) is 19.1 Å². The minimum Gasteiger partial charge on any atom is -0.465 e. The van der Waals surface area contributed by atoms with Crippen LogP contribution in [0, 0.1) is 0 Å². The lowest BCUT2D eigenvalue weighted by Crippen LogP contribution is -2.08. The van der Waals surface area contributed by atoms with Crippen molar-refractivity contribution in [3.63, 3.8) is 0 Å². The van der Waals surface area contributed by atoms with Gasteiger partial charge in [-0.3, -0.25) is 9.59 Å². The molecule has 0 radical (unpaired) electrons. The summed E-state index contributed by atoms with van der Waals surface area (Å²) in [5.41, 5.74) is 0. The summed E-state index contributed by atoms with van der Waals surface area (Å²) in [5, 5.41) is 0.692. The van der Waals surface area contributed by atoms with E-state index in [0.717, 1.165) is 0 Å². The maximum absolute atomic E-state index is 10.9. The Morgan fingerprint density at radius 2 is 1.33 bits per heavy atom. The number of carbonyl (C=O) groups excluding carboxylic acids is 2. The van der Waals surface area contributed by atoms with Crippen molar-refractivity contribution in [1.82, 2.24) is 0 Å². The summed E-state index contributed by atoms with van der Waals surface area (Å²) in [4.78, 5) is 21.8. The Kier molecular flexibility index (Phi) is 9.92. The quantitative estimate of drug-likeness (QED) is 0.371. The van der Waals surface area contributed by atoms with E-state index in [1.54, 1.807) is 13.8 Å². The molecule has 0 aliphatic carbocycles. The average molecular weight is 252 g/mol. The van der Waals surface area contributed by atoms with E-state index in [-0.39, 0.29) is 11.9 Å². The van der Waals surface area contributed by atoms with E-state index >= 15 is 0 Å². The monoisotopic (exact) mass is 252 g/mol. The maximum atomic E-state index is 10.9. The fourth-order valence-corrected chi connectivity index (χ4v) is 2.35. The molecule has 88 valence electrons. The van der Waals surface area contributed by atoms with Crippen molar-refractivity contribution in [2.45, 2.75) is 13.8 Å². The summed E-state index contributed by atoms with van der Waals surface area (Å²) in [7, 11) is 0. The summed E-state index contributed by atoms with van der Waals surface area (Å²) >= 11 is 2.88. The lowest BCUT2D eigenvalue weighted by Gasteiger charge is -2.02. The third kappa shape index (κ3) is 9.93. The molecule has 0 heterocycles. The predicted octanol–water partition coefficient (Wildman–Crippen LogP) is 1.54. The van der Waals surface area contributed by atoms with Crippen LogP contribution in [0.3, 0.4) is 0 Å². The van der Waals surface area contributed by atoms with E-state index in [0.29, 0.717) is 29.8 Å². The number of carbonyl (C=O) groups is 2. The van der Waals surface area contributed by atoms with Crippen molar-refractivity contribution in [2.24, 2.45) is 0 Å². The van der Waals surface area contributed by atoms with Gasteiger partial charge in [0, 0.05) is 5.08 Å². The molecule has 0 N–H and O–H groups in total. The Balaban J connectivity index is 3.24. The number of ether oxygens (including phenoxy) is 2. The van der Waals surface area contributed by atoms with Crippen LogP contribution in [0.2, 0.25) is 0 Å². The summed E-state index contributed by atoms with van der Waals surface area (Å²) in [5.74, 6) is 0.256. The summed E-state index contributed by atoms with van der Waals surface area (Å²) in [6.45, 7) is 4.38. The predicted molar refractivity (Wildman–Crippen MR) is 63.0 cm³/mol. The molecule has 0 spiro atoms. The van der Waals surface area contributed by atoms with E-state index in [1.807, 2.05) is 0 Å². The molecule has 0 bridgehead atoms. The molecule has 0 aliphatic rings. The van der Waals surface area contributed by atoms with Gasteiger partial charge in [0.05, 0.1) is 24.7 Å². The van der Waals surface area contributed by atoms with Crippen LogP contribution in [0.15, 0.2) is 0 Å². The Morgan fingerprint density at radius 3 is 1.67 bits per heavy atom. The van der Waals surface area contributed by atoms with Gasteiger partial charge in [-0.05, 0) is 13.8 Å². The first kappa shape index (κ1) is 14.6. The van der Waals surface area contributed by atoms with Gasteiger partial charge in [-0.15, -0.1) is 23.5 Å². The molecule has 0 aliphatic heterocycles. The fourth-order valence-electron chi connectivity index (χ4n) is 0.714. The highest BCUT2D eigenvalue weighted by molar-refractivity contribution is 8.16. The Morgan fingerprint density at radius 1 is 0.933 bits per heavy atom. The Labute approximate surface area is 98.5 Å². The highest BCUT2D eigenvalue weighted by atomic mass is 32.2. The number of hydrogen-bond donors (Lipinski definition) is 0. The normalized spacial score (nSPS) is 9.73. The minimum absolute atomic E-state index is 0.209. The molecule has 0 saturated carbocycles. The summed E-state index contributed by atoms with van der Waals surface area (Å²) in [6.07, 6.45) is 0. The minimum atomic E-state index is -0.209. The van der Waals surface area contributed by atoms with Crippen molar-refractivity contribution in [3.8, 4) is 0 Å². The molecule has 0 aromatic heterocycles.